The van der Waals surface area contributed by atoms with E-state index in [0.717, 1.165) is 24.3 Å². The highest BCUT2D eigenvalue weighted by atomic mass is 16.2. The molecular formula is C11H14N2O4. The van der Waals surface area contributed by atoms with Crippen molar-refractivity contribution in [3.05, 3.63) is 24.3 Å². The fraction of sp³-hybridized carbons (Fsp3) is 0.273. The summed E-state index contributed by atoms with van der Waals surface area (Å²) in [6.07, 6.45) is 5.43. The van der Waals surface area contributed by atoms with Crippen LogP contribution >= 0.6 is 0 Å². The Balaban J connectivity index is 3.88. The van der Waals surface area contributed by atoms with Gasteiger partial charge in [-0.15, -0.1) is 0 Å². The van der Waals surface area contributed by atoms with Gasteiger partial charge in [0.15, 0.2) is 0 Å². The fourth-order valence-electron chi connectivity index (χ4n) is 0.891. The summed E-state index contributed by atoms with van der Waals surface area (Å²) >= 11 is 0. The van der Waals surface area contributed by atoms with Crippen molar-refractivity contribution in [3.8, 4) is 0 Å². The second-order valence-electron chi connectivity index (χ2n) is 3.04. The molecule has 0 rings (SSSR count). The molecule has 0 aliphatic rings. The number of nitrogens with zero attached hydrogens (tertiary/aromatic N) is 1. The van der Waals surface area contributed by atoms with Crippen LogP contribution in [-0.4, -0.2) is 49.4 Å². The second-order valence-corrected chi connectivity index (χ2v) is 3.04. The van der Waals surface area contributed by atoms with Crippen LogP contribution in [0.5, 0.6) is 0 Å². The minimum absolute atomic E-state index is 0.263. The summed E-state index contributed by atoms with van der Waals surface area (Å²) in [7, 11) is 1.55. The van der Waals surface area contributed by atoms with Crippen molar-refractivity contribution in [2.24, 2.45) is 0 Å². The quantitative estimate of drug-likeness (QED) is 0.459. The normalized spacial score (nSPS) is 10.4. The maximum Gasteiger partial charge on any atom is 0.246 e. The molecule has 2 amide bonds. The molecule has 0 aromatic heterocycles. The first kappa shape index (κ1) is 14.8. The maximum absolute atomic E-state index is 11.3. The lowest BCUT2D eigenvalue weighted by atomic mass is 10.4. The predicted molar refractivity (Wildman–Crippen MR) is 61.1 cm³/mol. The van der Waals surface area contributed by atoms with Crippen LogP contribution in [0.2, 0.25) is 0 Å². The lowest BCUT2D eigenvalue weighted by Gasteiger charge is -2.14. The molecule has 0 unspecified atom stereocenters. The summed E-state index contributed by atoms with van der Waals surface area (Å²) in [5, 5.41) is 2.49. The molecule has 0 fully saturated rings. The van der Waals surface area contributed by atoms with Gasteiger partial charge in [0, 0.05) is 32.3 Å². The van der Waals surface area contributed by atoms with Crippen molar-refractivity contribution < 1.29 is 19.2 Å². The minimum Gasteiger partial charge on any atom is -0.351 e. The molecule has 6 heteroatoms. The van der Waals surface area contributed by atoms with Crippen molar-refractivity contribution in [2.45, 2.75) is 0 Å². The zero-order chi connectivity index (χ0) is 13.1. The van der Waals surface area contributed by atoms with Gasteiger partial charge in [-0.3, -0.25) is 19.2 Å². The Labute approximate surface area is 99.0 Å². The van der Waals surface area contributed by atoms with Gasteiger partial charge in [0.1, 0.15) is 12.6 Å². The Bertz CT molecular complexity index is 347. The monoisotopic (exact) mass is 238 g/mol. The largest absolute Gasteiger partial charge is 0.351 e. The van der Waals surface area contributed by atoms with Crippen LogP contribution in [0.15, 0.2) is 24.3 Å². The third-order valence-corrected chi connectivity index (χ3v) is 1.77. The van der Waals surface area contributed by atoms with Gasteiger partial charge in [0.2, 0.25) is 11.8 Å². The summed E-state index contributed by atoms with van der Waals surface area (Å²) < 4.78 is 0. The fourth-order valence-corrected chi connectivity index (χ4v) is 0.891. The number of allylic oxidation sites excluding steroid dienone is 2. The molecule has 0 aromatic rings. The number of likely N-dealkylation sites (N-methyl/N-ethyl adjacent to an activating group) is 1. The van der Waals surface area contributed by atoms with Crippen molar-refractivity contribution >= 4 is 24.4 Å². The highest BCUT2D eigenvalue weighted by Crippen LogP contribution is 1.85. The Hall–Kier alpha value is -2.24. The van der Waals surface area contributed by atoms with E-state index in [-0.39, 0.29) is 12.5 Å². The third kappa shape index (κ3) is 7.66. The molecule has 6 nitrogen and oxygen atoms in total. The van der Waals surface area contributed by atoms with Gasteiger partial charge < -0.3 is 10.2 Å². The molecule has 0 bridgehead atoms. The van der Waals surface area contributed by atoms with E-state index in [0.29, 0.717) is 19.1 Å². The Kier molecular flexibility index (Phi) is 7.83. The van der Waals surface area contributed by atoms with Crippen LogP contribution in [0.1, 0.15) is 0 Å². The van der Waals surface area contributed by atoms with Crippen LogP contribution in [0, 0.1) is 0 Å². The van der Waals surface area contributed by atoms with Crippen LogP contribution in [0.25, 0.3) is 0 Å². The molecule has 0 atom stereocenters. The van der Waals surface area contributed by atoms with E-state index in [9.17, 15) is 19.2 Å². The minimum atomic E-state index is -0.401. The van der Waals surface area contributed by atoms with Crippen LogP contribution in [0.4, 0.5) is 0 Å². The van der Waals surface area contributed by atoms with Gasteiger partial charge in [0.05, 0.1) is 0 Å². The van der Waals surface area contributed by atoms with Gasteiger partial charge in [-0.1, -0.05) is 0 Å². The standard InChI is InChI=1S/C11H14N2O4/c1-13(11(17)5-3-9-15)7-6-12-10(16)4-2-8-14/h2-5,8-9H,6-7H2,1H3,(H,12,16)/b4-2-,5-3-. The number of carbonyl (C=O) groups excluding carboxylic acids is 4. The summed E-state index contributed by atoms with van der Waals surface area (Å²) in [6, 6.07) is 0. The van der Waals surface area contributed by atoms with Crippen molar-refractivity contribution in [1.82, 2.24) is 10.2 Å². The number of carbonyl (C=O) groups is 4. The summed E-state index contributed by atoms with van der Waals surface area (Å²) in [4.78, 5) is 43.5. The highest BCUT2D eigenvalue weighted by molar-refractivity contribution is 5.91. The lowest BCUT2D eigenvalue weighted by molar-refractivity contribution is -0.125. The summed E-state index contributed by atoms with van der Waals surface area (Å²) in [6.45, 7) is 0.571. The van der Waals surface area contributed by atoms with E-state index in [2.05, 4.69) is 5.32 Å². The molecular weight excluding hydrogens is 224 g/mol. The average molecular weight is 238 g/mol. The van der Waals surface area contributed by atoms with E-state index in [1.165, 1.54) is 4.90 Å². The first-order chi connectivity index (χ1) is 8.11. The molecule has 0 aliphatic heterocycles. The highest BCUT2D eigenvalue weighted by Gasteiger charge is 2.04. The molecule has 0 saturated heterocycles. The smallest absolute Gasteiger partial charge is 0.246 e. The number of aldehydes is 2. The van der Waals surface area contributed by atoms with E-state index in [1.807, 2.05) is 0 Å². The number of hydrogen-bond donors (Lipinski definition) is 1. The molecule has 17 heavy (non-hydrogen) atoms. The number of rotatable bonds is 7. The van der Waals surface area contributed by atoms with E-state index >= 15 is 0 Å². The average Bonchev–Trinajstić information content (AvgIpc) is 2.33. The van der Waals surface area contributed by atoms with Gasteiger partial charge >= 0.3 is 0 Å². The Morgan fingerprint density at radius 3 is 2.29 bits per heavy atom. The molecule has 0 heterocycles. The molecule has 0 saturated carbocycles. The zero-order valence-corrected chi connectivity index (χ0v) is 9.46. The first-order valence-corrected chi connectivity index (χ1v) is 4.88. The van der Waals surface area contributed by atoms with Crippen molar-refractivity contribution in [3.63, 3.8) is 0 Å². The number of amides is 2. The molecule has 1 N–H and O–H groups in total. The second kappa shape index (κ2) is 9.02. The van der Waals surface area contributed by atoms with Crippen LogP contribution < -0.4 is 5.32 Å². The van der Waals surface area contributed by atoms with Gasteiger partial charge in [-0.25, -0.2) is 0 Å². The third-order valence-electron chi connectivity index (χ3n) is 1.77. The van der Waals surface area contributed by atoms with Crippen LogP contribution in [-0.2, 0) is 19.2 Å². The van der Waals surface area contributed by atoms with Crippen molar-refractivity contribution in [2.75, 3.05) is 20.1 Å². The number of hydrogen-bond acceptors (Lipinski definition) is 4. The van der Waals surface area contributed by atoms with Gasteiger partial charge in [-0.05, 0) is 12.2 Å². The van der Waals surface area contributed by atoms with E-state index in [1.54, 1.807) is 7.05 Å². The topological polar surface area (TPSA) is 83.6 Å². The molecule has 0 radical (unpaired) electrons. The summed E-state index contributed by atoms with van der Waals surface area (Å²) in [5.74, 6) is -0.726. The lowest BCUT2D eigenvalue weighted by Crippen LogP contribution is -2.34. The Morgan fingerprint density at radius 2 is 1.71 bits per heavy atom. The van der Waals surface area contributed by atoms with E-state index in [4.69, 9.17) is 0 Å². The number of nitrogens with one attached hydrogen (secondary N) is 1. The van der Waals surface area contributed by atoms with Crippen molar-refractivity contribution in [1.29, 1.82) is 0 Å². The SMILES string of the molecule is CN(CCNC(=O)/C=C\C=O)C(=O)/C=C\C=O. The van der Waals surface area contributed by atoms with Gasteiger partial charge in [-0.2, -0.15) is 0 Å². The molecule has 92 valence electrons. The Morgan fingerprint density at radius 1 is 1.12 bits per heavy atom. The maximum atomic E-state index is 11.3. The summed E-state index contributed by atoms with van der Waals surface area (Å²) in [5.41, 5.74) is 0. The van der Waals surface area contributed by atoms with Gasteiger partial charge in [0.25, 0.3) is 0 Å². The molecule has 0 aliphatic carbocycles. The molecule has 0 aromatic carbocycles. The zero-order valence-electron chi connectivity index (χ0n) is 9.46. The molecule has 0 spiro atoms. The van der Waals surface area contributed by atoms with Crippen LogP contribution in [0.3, 0.4) is 0 Å². The van der Waals surface area contributed by atoms with E-state index < -0.39 is 5.91 Å². The predicted octanol–water partition coefficient (Wildman–Crippen LogP) is -0.929. The first-order valence-electron chi connectivity index (χ1n) is 4.88.